The van der Waals surface area contributed by atoms with Crippen molar-refractivity contribution in [3.05, 3.63) is 58.2 Å². The van der Waals surface area contributed by atoms with E-state index in [1.807, 2.05) is 0 Å². The van der Waals surface area contributed by atoms with E-state index < -0.39 is 24.0 Å². The van der Waals surface area contributed by atoms with Crippen LogP contribution in [0.1, 0.15) is 16.8 Å². The summed E-state index contributed by atoms with van der Waals surface area (Å²) in [4.78, 5) is 11.4. The van der Waals surface area contributed by atoms with Gasteiger partial charge in [0.25, 0.3) is 0 Å². The first-order valence-electron chi connectivity index (χ1n) is 9.13. The van der Waals surface area contributed by atoms with Crippen LogP contribution >= 0.6 is 11.6 Å². The summed E-state index contributed by atoms with van der Waals surface area (Å²) in [5, 5.41) is 10.2. The Labute approximate surface area is 183 Å². The second-order valence-electron chi connectivity index (χ2n) is 6.99. The van der Waals surface area contributed by atoms with E-state index in [9.17, 15) is 31.9 Å². The van der Waals surface area contributed by atoms with Gasteiger partial charge in [-0.2, -0.15) is 22.0 Å². The van der Waals surface area contributed by atoms with Crippen LogP contribution in [-0.4, -0.2) is 35.0 Å². The number of carbonyl (C=O) groups is 1. The zero-order valence-corrected chi connectivity index (χ0v) is 17.5. The van der Waals surface area contributed by atoms with Crippen molar-refractivity contribution in [3.8, 4) is 11.5 Å². The van der Waals surface area contributed by atoms with Crippen LogP contribution in [0.3, 0.4) is 0 Å². The van der Waals surface area contributed by atoms with Gasteiger partial charge in [0.15, 0.2) is 0 Å². The molecule has 3 aromatic rings. The number of hydrogen-bond acceptors (Lipinski definition) is 3. The standard InChI is InChI=1S/C21H17ClF5NO4/c1-11-14(8-19(29)30)15-7-18(31-2)16(22)9-17(15)28(11)10-12-3-5-13(6-4-12)32-21(26,27)20(23,24)25/h3-7,9H,8,10H2,1-2H3,(H,29,30). The zero-order valence-electron chi connectivity index (χ0n) is 16.8. The quantitative estimate of drug-likeness (QED) is 0.436. The molecule has 0 aliphatic rings. The van der Waals surface area contributed by atoms with Gasteiger partial charge < -0.3 is 19.1 Å². The van der Waals surface area contributed by atoms with E-state index in [0.29, 0.717) is 38.5 Å². The number of carboxylic acid groups (broad SMARTS) is 1. The molecule has 5 nitrogen and oxygen atoms in total. The summed E-state index contributed by atoms with van der Waals surface area (Å²) in [5.74, 6) is -1.31. The van der Waals surface area contributed by atoms with Crippen molar-refractivity contribution in [2.75, 3.05) is 7.11 Å². The summed E-state index contributed by atoms with van der Waals surface area (Å²) in [6.07, 6.45) is -11.4. The Bertz CT molecular complexity index is 1160. The molecule has 0 fully saturated rings. The third kappa shape index (κ3) is 4.59. The predicted octanol–water partition coefficient (Wildman–Crippen LogP) is 5.82. The number of aromatic nitrogens is 1. The highest BCUT2D eigenvalue weighted by Crippen LogP contribution is 2.38. The first-order valence-corrected chi connectivity index (χ1v) is 9.51. The summed E-state index contributed by atoms with van der Waals surface area (Å²) in [5.41, 5.74) is 2.36. The fraction of sp³-hybridized carbons (Fsp3) is 0.286. The Morgan fingerprint density at radius 2 is 1.75 bits per heavy atom. The maximum absolute atomic E-state index is 13.1. The van der Waals surface area contributed by atoms with Gasteiger partial charge in [0, 0.05) is 17.6 Å². The normalized spacial score (nSPS) is 12.2. The summed E-state index contributed by atoms with van der Waals surface area (Å²) in [6, 6.07) is 7.95. The number of nitrogens with zero attached hydrogens (tertiary/aromatic N) is 1. The van der Waals surface area contributed by atoms with Crippen molar-refractivity contribution in [1.29, 1.82) is 0 Å². The maximum atomic E-state index is 13.1. The van der Waals surface area contributed by atoms with E-state index >= 15 is 0 Å². The first kappa shape index (κ1) is 23.6. The molecule has 172 valence electrons. The topological polar surface area (TPSA) is 60.7 Å². The number of alkyl halides is 5. The van der Waals surface area contributed by atoms with E-state index in [2.05, 4.69) is 4.74 Å². The van der Waals surface area contributed by atoms with Gasteiger partial charge in [-0.25, -0.2) is 0 Å². The second-order valence-corrected chi connectivity index (χ2v) is 7.39. The number of carboxylic acids is 1. The van der Waals surface area contributed by atoms with E-state index in [1.165, 1.54) is 19.2 Å². The van der Waals surface area contributed by atoms with Crippen LogP contribution in [0.2, 0.25) is 5.02 Å². The van der Waals surface area contributed by atoms with E-state index in [0.717, 1.165) is 12.1 Å². The molecule has 0 atom stereocenters. The molecular formula is C21H17ClF5NO4. The number of rotatable bonds is 7. The highest BCUT2D eigenvalue weighted by molar-refractivity contribution is 6.32. The lowest BCUT2D eigenvalue weighted by molar-refractivity contribution is -0.360. The molecule has 0 saturated heterocycles. The second kappa shape index (κ2) is 8.50. The fourth-order valence-corrected chi connectivity index (χ4v) is 3.57. The lowest BCUT2D eigenvalue weighted by Crippen LogP contribution is -2.41. The monoisotopic (exact) mass is 477 g/mol. The van der Waals surface area contributed by atoms with Gasteiger partial charge >= 0.3 is 18.3 Å². The summed E-state index contributed by atoms with van der Waals surface area (Å²) < 4.78 is 73.9. The summed E-state index contributed by atoms with van der Waals surface area (Å²) in [7, 11) is 1.43. The molecule has 1 heterocycles. The molecule has 0 spiro atoms. The Hall–Kier alpha value is -3.01. The molecule has 0 aliphatic heterocycles. The van der Waals surface area contributed by atoms with Gasteiger partial charge in [0.1, 0.15) is 11.5 Å². The van der Waals surface area contributed by atoms with Gasteiger partial charge in [-0.05, 0) is 42.3 Å². The van der Waals surface area contributed by atoms with Crippen LogP contribution in [0.4, 0.5) is 22.0 Å². The third-order valence-electron chi connectivity index (χ3n) is 4.90. The van der Waals surface area contributed by atoms with Crippen LogP contribution in [0.15, 0.2) is 36.4 Å². The molecule has 11 heteroatoms. The fourth-order valence-electron chi connectivity index (χ4n) is 3.33. The molecule has 0 aliphatic carbocycles. The van der Waals surface area contributed by atoms with Crippen LogP contribution in [0.5, 0.6) is 11.5 Å². The van der Waals surface area contributed by atoms with Gasteiger partial charge in [0.05, 0.1) is 24.1 Å². The van der Waals surface area contributed by atoms with Gasteiger partial charge in [0.2, 0.25) is 0 Å². The van der Waals surface area contributed by atoms with E-state index in [1.54, 1.807) is 23.6 Å². The molecule has 2 aromatic carbocycles. The molecule has 0 amide bonds. The number of methoxy groups -OCH3 is 1. The van der Waals surface area contributed by atoms with Crippen LogP contribution in [0.25, 0.3) is 10.9 Å². The Morgan fingerprint density at radius 1 is 1.12 bits per heavy atom. The average Bonchev–Trinajstić information content (AvgIpc) is 2.92. The molecule has 1 aromatic heterocycles. The number of fused-ring (bicyclic) bond motifs is 1. The van der Waals surface area contributed by atoms with Crippen LogP contribution in [0, 0.1) is 6.92 Å². The van der Waals surface area contributed by atoms with Crippen molar-refractivity contribution in [2.24, 2.45) is 0 Å². The van der Waals surface area contributed by atoms with Gasteiger partial charge in [-0.15, -0.1) is 0 Å². The molecule has 3 rings (SSSR count). The van der Waals surface area contributed by atoms with Crippen LogP contribution < -0.4 is 9.47 Å². The van der Waals surface area contributed by atoms with Gasteiger partial charge in [-0.1, -0.05) is 23.7 Å². The Morgan fingerprint density at radius 3 is 2.28 bits per heavy atom. The highest BCUT2D eigenvalue weighted by atomic mass is 35.5. The Balaban J connectivity index is 1.97. The highest BCUT2D eigenvalue weighted by Gasteiger charge is 2.61. The number of halogens is 6. The zero-order chi connectivity index (χ0) is 23.8. The largest absolute Gasteiger partial charge is 0.499 e. The van der Waals surface area contributed by atoms with Gasteiger partial charge in [-0.3, -0.25) is 4.79 Å². The predicted molar refractivity (Wildman–Crippen MR) is 107 cm³/mol. The third-order valence-corrected chi connectivity index (χ3v) is 5.19. The van der Waals surface area contributed by atoms with Crippen molar-refractivity contribution in [1.82, 2.24) is 4.57 Å². The Kier molecular flexibility index (Phi) is 6.28. The minimum atomic E-state index is -5.84. The van der Waals surface area contributed by atoms with Crippen molar-refractivity contribution in [2.45, 2.75) is 32.2 Å². The summed E-state index contributed by atoms with van der Waals surface area (Å²) >= 11 is 6.23. The van der Waals surface area contributed by atoms with E-state index in [4.69, 9.17) is 16.3 Å². The van der Waals surface area contributed by atoms with Crippen molar-refractivity contribution < 1.29 is 41.3 Å². The molecule has 0 bridgehead atoms. The number of benzene rings is 2. The number of aliphatic carboxylic acids is 1. The van der Waals surface area contributed by atoms with E-state index in [-0.39, 0.29) is 13.0 Å². The molecule has 1 N–H and O–H groups in total. The molecule has 32 heavy (non-hydrogen) atoms. The maximum Gasteiger partial charge on any atom is 0.499 e. The number of hydrogen-bond donors (Lipinski definition) is 1. The minimum Gasteiger partial charge on any atom is -0.495 e. The molecule has 0 radical (unpaired) electrons. The smallest absolute Gasteiger partial charge is 0.495 e. The molecule has 0 unspecified atom stereocenters. The SMILES string of the molecule is COc1cc2c(CC(=O)O)c(C)n(Cc3ccc(OC(F)(F)C(F)(F)F)cc3)c2cc1Cl. The number of ether oxygens (including phenoxy) is 2. The minimum absolute atomic E-state index is 0.181. The molecular weight excluding hydrogens is 461 g/mol. The summed E-state index contributed by atoms with van der Waals surface area (Å²) in [6.45, 7) is 1.90. The lowest BCUT2D eigenvalue weighted by Gasteiger charge is -2.20. The van der Waals surface area contributed by atoms with Crippen molar-refractivity contribution in [3.63, 3.8) is 0 Å². The first-order chi connectivity index (χ1) is 14.8. The van der Waals surface area contributed by atoms with Crippen molar-refractivity contribution >= 4 is 28.5 Å². The average molecular weight is 478 g/mol. The van der Waals surface area contributed by atoms with Crippen LogP contribution in [-0.2, 0) is 17.8 Å². The molecule has 0 saturated carbocycles. The lowest BCUT2D eigenvalue weighted by atomic mass is 10.1.